The minimum absolute atomic E-state index is 0.166. The molecule has 0 aromatic rings. The summed E-state index contributed by atoms with van der Waals surface area (Å²) in [6.45, 7) is 6.52. The Bertz CT molecular complexity index is 231. The van der Waals surface area contributed by atoms with E-state index in [4.69, 9.17) is 4.43 Å². The predicted molar refractivity (Wildman–Crippen MR) is 68.8 cm³/mol. The summed E-state index contributed by atoms with van der Waals surface area (Å²) in [7, 11) is -1.59. The molecule has 0 aromatic heterocycles. The monoisotopic (exact) mass is 292 g/mol. The Morgan fingerprint density at radius 2 is 2.27 bits per heavy atom. The highest BCUT2D eigenvalue weighted by Gasteiger charge is 2.35. The van der Waals surface area contributed by atoms with Gasteiger partial charge in [0.15, 0.2) is 8.32 Å². The molecule has 0 spiro atoms. The van der Waals surface area contributed by atoms with Crippen molar-refractivity contribution in [3.05, 3.63) is 0 Å². The molecule has 0 saturated heterocycles. The van der Waals surface area contributed by atoms with Crippen LogP contribution in [0.5, 0.6) is 0 Å². The molecule has 1 rings (SSSR count). The third-order valence-electron chi connectivity index (χ3n) is 3.00. The number of alkyl halides is 1. The summed E-state index contributed by atoms with van der Waals surface area (Å²) in [6.07, 6.45) is 3.98. The second-order valence-corrected chi connectivity index (χ2v) is 10.6. The molecule has 0 amide bonds. The van der Waals surface area contributed by atoms with E-state index in [9.17, 15) is 4.79 Å². The largest absolute Gasteiger partial charge is 0.413 e. The van der Waals surface area contributed by atoms with Crippen molar-refractivity contribution in [2.45, 2.75) is 51.8 Å². The van der Waals surface area contributed by atoms with Crippen LogP contribution >= 0.6 is 15.9 Å². The maximum Gasteiger partial charge on any atom is 0.197 e. The lowest BCUT2D eigenvalue weighted by atomic mass is 9.98. The van der Waals surface area contributed by atoms with E-state index in [0.717, 1.165) is 30.6 Å². The molecule has 0 aromatic carbocycles. The van der Waals surface area contributed by atoms with Gasteiger partial charge >= 0.3 is 0 Å². The number of carbonyl (C=O) groups excluding carboxylic acids is 1. The fraction of sp³-hybridized carbons (Fsp3) is 0.909. The minimum Gasteiger partial charge on any atom is -0.413 e. The molecule has 88 valence electrons. The maximum atomic E-state index is 11.7. The van der Waals surface area contributed by atoms with E-state index in [1.807, 2.05) is 0 Å². The second-order valence-electron chi connectivity index (χ2n) is 4.92. The van der Waals surface area contributed by atoms with E-state index < -0.39 is 8.32 Å². The van der Waals surface area contributed by atoms with Crippen LogP contribution < -0.4 is 0 Å². The number of hydrogen-bond acceptors (Lipinski definition) is 2. The Morgan fingerprint density at radius 1 is 1.60 bits per heavy atom. The van der Waals surface area contributed by atoms with Gasteiger partial charge in [0.2, 0.25) is 0 Å². The SMILES string of the molecule is CC[C@H](O[Si](C)(C)CBr)[C@H]1CCCC1=O. The van der Waals surface area contributed by atoms with Crippen LogP contribution in [0.2, 0.25) is 13.1 Å². The highest BCUT2D eigenvalue weighted by molar-refractivity contribution is 9.09. The summed E-state index contributed by atoms with van der Waals surface area (Å²) in [5.41, 5.74) is 0. The molecule has 4 heteroatoms. The molecule has 1 aliphatic carbocycles. The quantitative estimate of drug-likeness (QED) is 0.574. The summed E-state index contributed by atoms with van der Waals surface area (Å²) >= 11 is 3.50. The van der Waals surface area contributed by atoms with Crippen LogP contribution in [0.15, 0.2) is 0 Å². The van der Waals surface area contributed by atoms with E-state index >= 15 is 0 Å². The van der Waals surface area contributed by atoms with Crippen molar-refractivity contribution >= 4 is 30.0 Å². The Hall–Kier alpha value is 0.327. The lowest BCUT2D eigenvalue weighted by Gasteiger charge is -2.30. The first-order chi connectivity index (χ1) is 7.00. The molecular weight excluding hydrogens is 272 g/mol. The summed E-state index contributed by atoms with van der Waals surface area (Å²) < 4.78 is 6.16. The lowest BCUT2D eigenvalue weighted by molar-refractivity contribution is -0.123. The summed E-state index contributed by atoms with van der Waals surface area (Å²) in [5.74, 6) is 0.599. The van der Waals surface area contributed by atoms with E-state index in [-0.39, 0.29) is 12.0 Å². The summed E-state index contributed by atoms with van der Waals surface area (Å²) in [4.78, 5) is 12.6. The van der Waals surface area contributed by atoms with Crippen molar-refractivity contribution in [2.75, 3.05) is 4.95 Å². The third kappa shape index (κ3) is 3.68. The van der Waals surface area contributed by atoms with Gasteiger partial charge in [0.25, 0.3) is 0 Å². The van der Waals surface area contributed by atoms with E-state index in [0.29, 0.717) is 5.78 Å². The zero-order chi connectivity index (χ0) is 11.5. The molecule has 15 heavy (non-hydrogen) atoms. The molecular formula is C11H21BrO2Si. The van der Waals surface area contributed by atoms with Crippen molar-refractivity contribution in [2.24, 2.45) is 5.92 Å². The van der Waals surface area contributed by atoms with Crippen LogP contribution in [0.25, 0.3) is 0 Å². The van der Waals surface area contributed by atoms with Gasteiger partial charge in [-0.3, -0.25) is 4.79 Å². The zero-order valence-electron chi connectivity index (χ0n) is 9.88. The highest BCUT2D eigenvalue weighted by atomic mass is 79.9. The van der Waals surface area contributed by atoms with Crippen molar-refractivity contribution in [3.63, 3.8) is 0 Å². The molecule has 1 saturated carbocycles. The molecule has 0 bridgehead atoms. The zero-order valence-corrected chi connectivity index (χ0v) is 12.5. The first kappa shape index (κ1) is 13.4. The first-order valence-corrected chi connectivity index (χ1v) is 10.0. The molecule has 1 fully saturated rings. The fourth-order valence-electron chi connectivity index (χ4n) is 2.13. The van der Waals surface area contributed by atoms with Gasteiger partial charge in [0, 0.05) is 17.3 Å². The Labute approximate surface area is 102 Å². The normalized spacial score (nSPS) is 24.5. The van der Waals surface area contributed by atoms with Gasteiger partial charge in [0.05, 0.1) is 6.10 Å². The highest BCUT2D eigenvalue weighted by Crippen LogP contribution is 2.29. The molecule has 0 aliphatic heterocycles. The number of carbonyl (C=O) groups is 1. The topological polar surface area (TPSA) is 26.3 Å². The van der Waals surface area contributed by atoms with Gasteiger partial charge in [-0.05, 0) is 32.4 Å². The van der Waals surface area contributed by atoms with Gasteiger partial charge in [-0.1, -0.05) is 22.9 Å². The number of ketones is 1. The van der Waals surface area contributed by atoms with Gasteiger partial charge in [-0.2, -0.15) is 0 Å². The van der Waals surface area contributed by atoms with Gasteiger partial charge < -0.3 is 4.43 Å². The summed E-state index contributed by atoms with van der Waals surface area (Å²) in [6, 6.07) is 0. The van der Waals surface area contributed by atoms with Gasteiger partial charge in [0.1, 0.15) is 5.78 Å². The standard InChI is InChI=1S/C11H21BrO2Si/c1-4-11(14-15(2,3)8-12)9-6-5-7-10(9)13/h9,11H,4-8H2,1-3H3/t9-,11-/m0/s1. The number of rotatable bonds is 5. The average Bonchev–Trinajstić information content (AvgIpc) is 2.61. The molecule has 0 radical (unpaired) electrons. The minimum atomic E-state index is -1.59. The van der Waals surface area contributed by atoms with E-state index in [1.165, 1.54) is 0 Å². The second kappa shape index (κ2) is 5.59. The smallest absolute Gasteiger partial charge is 0.197 e. The number of Topliss-reactive ketones (excluding diaryl/α,β-unsaturated/α-hetero) is 1. The Morgan fingerprint density at radius 3 is 2.67 bits per heavy atom. The van der Waals surface area contributed by atoms with Crippen LogP contribution in [0.3, 0.4) is 0 Å². The van der Waals surface area contributed by atoms with Crippen molar-refractivity contribution in [1.82, 2.24) is 0 Å². The molecule has 2 nitrogen and oxygen atoms in total. The Kier molecular flexibility index (Phi) is 4.99. The maximum absolute atomic E-state index is 11.7. The summed E-state index contributed by atoms with van der Waals surface area (Å²) in [5, 5.41) is 0. The number of hydrogen-bond donors (Lipinski definition) is 0. The van der Waals surface area contributed by atoms with E-state index in [2.05, 4.69) is 35.9 Å². The van der Waals surface area contributed by atoms with Crippen molar-refractivity contribution < 1.29 is 9.22 Å². The van der Waals surface area contributed by atoms with E-state index in [1.54, 1.807) is 0 Å². The average molecular weight is 293 g/mol. The van der Waals surface area contributed by atoms with Crippen LogP contribution in [-0.2, 0) is 9.22 Å². The molecule has 0 heterocycles. The van der Waals surface area contributed by atoms with Crippen molar-refractivity contribution in [1.29, 1.82) is 0 Å². The predicted octanol–water partition coefficient (Wildman–Crippen LogP) is 3.29. The van der Waals surface area contributed by atoms with Crippen LogP contribution in [-0.4, -0.2) is 25.2 Å². The van der Waals surface area contributed by atoms with Crippen molar-refractivity contribution in [3.8, 4) is 0 Å². The third-order valence-corrected chi connectivity index (χ3v) is 8.63. The molecule has 0 N–H and O–H groups in total. The lowest BCUT2D eigenvalue weighted by Crippen LogP contribution is -2.41. The van der Waals surface area contributed by atoms with Gasteiger partial charge in [-0.25, -0.2) is 0 Å². The molecule has 0 unspecified atom stereocenters. The fourth-order valence-corrected chi connectivity index (χ4v) is 3.74. The number of halogens is 1. The van der Waals surface area contributed by atoms with Crippen LogP contribution in [0, 0.1) is 5.92 Å². The Balaban J connectivity index is 2.59. The molecule has 1 aliphatic rings. The molecule has 2 atom stereocenters. The first-order valence-electron chi connectivity index (χ1n) is 5.76. The van der Waals surface area contributed by atoms with Gasteiger partial charge in [-0.15, -0.1) is 0 Å². The van der Waals surface area contributed by atoms with Crippen LogP contribution in [0.1, 0.15) is 32.6 Å². The van der Waals surface area contributed by atoms with Crippen LogP contribution in [0.4, 0.5) is 0 Å².